The highest BCUT2D eigenvalue weighted by Crippen LogP contribution is 2.40. The third kappa shape index (κ3) is 6.49. The van der Waals surface area contributed by atoms with Gasteiger partial charge in [0.05, 0.1) is 12.7 Å². The van der Waals surface area contributed by atoms with Crippen LogP contribution in [-0.2, 0) is 14.0 Å². The van der Waals surface area contributed by atoms with Crippen LogP contribution in [0.1, 0.15) is 48.5 Å². The van der Waals surface area contributed by atoms with Gasteiger partial charge in [0, 0.05) is 11.5 Å². The summed E-state index contributed by atoms with van der Waals surface area (Å²) in [5.41, 5.74) is -0.283. The standard InChI is InChI=1S/C18H34O3Si/c1-10-12-15(21-22(8,9)17(3,4)5)18(6,7)14-13-16(19)20-11-2/h10,12-15H,11H2,1-9H3/b12-10+,14-13+/t15-/m1/s1. The summed E-state index contributed by atoms with van der Waals surface area (Å²) in [6, 6.07) is 0. The van der Waals surface area contributed by atoms with Crippen LogP contribution in [0.3, 0.4) is 0 Å². The van der Waals surface area contributed by atoms with Gasteiger partial charge in [0.2, 0.25) is 0 Å². The van der Waals surface area contributed by atoms with E-state index in [0.717, 1.165) is 0 Å². The summed E-state index contributed by atoms with van der Waals surface area (Å²) in [4.78, 5) is 11.6. The molecule has 3 nitrogen and oxygen atoms in total. The summed E-state index contributed by atoms with van der Waals surface area (Å²) in [6.07, 6.45) is 7.43. The van der Waals surface area contributed by atoms with E-state index in [9.17, 15) is 4.79 Å². The minimum atomic E-state index is -1.89. The van der Waals surface area contributed by atoms with Crippen LogP contribution in [-0.4, -0.2) is 27.0 Å². The molecule has 0 spiro atoms. The van der Waals surface area contributed by atoms with Crippen molar-refractivity contribution in [2.45, 2.75) is 72.7 Å². The van der Waals surface area contributed by atoms with E-state index in [-0.39, 0.29) is 22.5 Å². The van der Waals surface area contributed by atoms with Gasteiger partial charge < -0.3 is 9.16 Å². The quantitative estimate of drug-likeness (QED) is 0.283. The Kier molecular flexibility index (Phi) is 7.79. The molecule has 0 fully saturated rings. The Morgan fingerprint density at radius 1 is 1.18 bits per heavy atom. The number of hydrogen-bond donors (Lipinski definition) is 0. The van der Waals surface area contributed by atoms with Crippen molar-refractivity contribution in [3.8, 4) is 0 Å². The second-order valence-electron chi connectivity index (χ2n) is 7.73. The maximum atomic E-state index is 11.6. The maximum Gasteiger partial charge on any atom is 0.330 e. The normalized spacial score (nSPS) is 15.5. The van der Waals surface area contributed by atoms with E-state index in [2.05, 4.69) is 53.8 Å². The van der Waals surface area contributed by atoms with Crippen molar-refractivity contribution < 1.29 is 14.0 Å². The van der Waals surface area contributed by atoms with Gasteiger partial charge in [-0.2, -0.15) is 0 Å². The first-order valence-electron chi connectivity index (χ1n) is 8.04. The number of hydrogen-bond acceptors (Lipinski definition) is 3. The molecule has 4 heteroatoms. The van der Waals surface area contributed by atoms with Gasteiger partial charge in [0.1, 0.15) is 0 Å². The molecular formula is C18H34O3Si. The monoisotopic (exact) mass is 326 g/mol. The van der Waals surface area contributed by atoms with Gasteiger partial charge in [-0.15, -0.1) is 0 Å². The Balaban J connectivity index is 5.27. The molecular weight excluding hydrogens is 292 g/mol. The molecule has 0 rings (SSSR count). The number of allylic oxidation sites excluding steroid dienone is 1. The lowest BCUT2D eigenvalue weighted by molar-refractivity contribution is -0.137. The average molecular weight is 327 g/mol. The number of esters is 1. The fourth-order valence-electron chi connectivity index (χ4n) is 1.68. The van der Waals surface area contributed by atoms with Gasteiger partial charge in [-0.25, -0.2) is 4.79 Å². The van der Waals surface area contributed by atoms with Crippen molar-refractivity contribution >= 4 is 14.3 Å². The van der Waals surface area contributed by atoms with Gasteiger partial charge >= 0.3 is 5.97 Å². The van der Waals surface area contributed by atoms with Crippen molar-refractivity contribution in [1.82, 2.24) is 0 Å². The Labute approximate surface area is 137 Å². The molecule has 0 amide bonds. The van der Waals surface area contributed by atoms with E-state index < -0.39 is 8.32 Å². The zero-order valence-electron chi connectivity index (χ0n) is 15.8. The summed E-state index contributed by atoms with van der Waals surface area (Å²) < 4.78 is 11.5. The molecule has 0 aliphatic carbocycles. The highest BCUT2D eigenvalue weighted by molar-refractivity contribution is 6.74. The Morgan fingerprint density at radius 2 is 1.73 bits per heavy atom. The van der Waals surface area contributed by atoms with E-state index in [1.807, 2.05) is 19.1 Å². The first-order chi connectivity index (χ1) is 9.87. The summed E-state index contributed by atoms with van der Waals surface area (Å²) >= 11 is 0. The molecule has 0 unspecified atom stereocenters. The van der Waals surface area contributed by atoms with E-state index in [1.54, 1.807) is 6.92 Å². The maximum absolute atomic E-state index is 11.6. The molecule has 0 saturated carbocycles. The summed E-state index contributed by atoms with van der Waals surface area (Å²) in [5, 5.41) is 0.147. The smallest absolute Gasteiger partial charge is 0.330 e. The van der Waals surface area contributed by atoms with Gasteiger partial charge in [-0.05, 0) is 32.0 Å². The van der Waals surface area contributed by atoms with Gasteiger partial charge in [-0.1, -0.05) is 52.8 Å². The van der Waals surface area contributed by atoms with Crippen LogP contribution in [0.4, 0.5) is 0 Å². The van der Waals surface area contributed by atoms with Crippen LogP contribution in [0, 0.1) is 5.41 Å². The lowest BCUT2D eigenvalue weighted by Crippen LogP contribution is -2.47. The summed E-state index contributed by atoms with van der Waals surface area (Å²) in [5.74, 6) is -0.304. The second-order valence-corrected chi connectivity index (χ2v) is 12.5. The molecule has 0 aliphatic rings. The Bertz CT molecular complexity index is 415. The fourth-order valence-corrected chi connectivity index (χ4v) is 3.05. The van der Waals surface area contributed by atoms with Crippen LogP contribution < -0.4 is 0 Å². The highest BCUT2D eigenvalue weighted by Gasteiger charge is 2.41. The minimum absolute atomic E-state index is 0.0657. The molecule has 1 atom stereocenters. The minimum Gasteiger partial charge on any atom is -0.463 e. The van der Waals surface area contributed by atoms with E-state index in [0.29, 0.717) is 6.61 Å². The molecule has 0 saturated heterocycles. The van der Waals surface area contributed by atoms with Crippen molar-refractivity contribution in [2.75, 3.05) is 6.61 Å². The predicted octanol–water partition coefficient (Wildman–Crippen LogP) is 5.10. The van der Waals surface area contributed by atoms with Crippen molar-refractivity contribution in [1.29, 1.82) is 0 Å². The van der Waals surface area contributed by atoms with Crippen LogP contribution in [0.5, 0.6) is 0 Å². The average Bonchev–Trinajstić information content (AvgIpc) is 2.35. The molecule has 128 valence electrons. The SMILES string of the molecule is C/C=C/[C@@H](O[Si](C)(C)C(C)(C)C)C(C)(C)/C=C/C(=O)OCC. The van der Waals surface area contributed by atoms with Gasteiger partial charge in [0.15, 0.2) is 8.32 Å². The molecule has 0 aromatic carbocycles. The predicted molar refractivity (Wildman–Crippen MR) is 96.4 cm³/mol. The summed E-state index contributed by atoms with van der Waals surface area (Å²) in [6.45, 7) is 19.5. The molecule has 0 radical (unpaired) electrons. The topological polar surface area (TPSA) is 35.5 Å². The summed E-state index contributed by atoms with van der Waals surface area (Å²) in [7, 11) is -1.89. The number of ether oxygens (including phenoxy) is 1. The molecule has 0 heterocycles. The van der Waals surface area contributed by atoms with E-state index >= 15 is 0 Å². The molecule has 22 heavy (non-hydrogen) atoms. The molecule has 0 aromatic heterocycles. The molecule has 0 aromatic rings. The molecule has 0 N–H and O–H groups in total. The van der Waals surface area contributed by atoms with Gasteiger partial charge in [-0.3, -0.25) is 0 Å². The van der Waals surface area contributed by atoms with E-state index in [4.69, 9.17) is 9.16 Å². The Morgan fingerprint density at radius 3 is 2.14 bits per heavy atom. The lowest BCUT2D eigenvalue weighted by Gasteiger charge is -2.42. The van der Waals surface area contributed by atoms with Crippen molar-refractivity contribution in [3.63, 3.8) is 0 Å². The number of carbonyl (C=O) groups is 1. The third-order valence-electron chi connectivity index (χ3n) is 4.26. The largest absolute Gasteiger partial charge is 0.463 e. The molecule has 0 aliphatic heterocycles. The zero-order chi connectivity index (χ0) is 17.6. The first kappa shape index (κ1) is 21.1. The Hall–Kier alpha value is -0.873. The zero-order valence-corrected chi connectivity index (χ0v) is 16.8. The number of carbonyl (C=O) groups excluding carboxylic acids is 1. The van der Waals surface area contributed by atoms with Crippen molar-refractivity contribution in [3.05, 3.63) is 24.3 Å². The molecule has 0 bridgehead atoms. The van der Waals surface area contributed by atoms with E-state index in [1.165, 1.54) is 6.08 Å². The third-order valence-corrected chi connectivity index (χ3v) is 8.72. The first-order valence-corrected chi connectivity index (χ1v) is 10.9. The fraction of sp³-hybridized carbons (Fsp3) is 0.722. The van der Waals surface area contributed by atoms with Crippen molar-refractivity contribution in [2.24, 2.45) is 5.41 Å². The number of rotatable bonds is 7. The van der Waals surface area contributed by atoms with Gasteiger partial charge in [0.25, 0.3) is 0 Å². The van der Waals surface area contributed by atoms with Crippen LogP contribution in [0.25, 0.3) is 0 Å². The van der Waals surface area contributed by atoms with Crippen LogP contribution in [0.15, 0.2) is 24.3 Å². The highest BCUT2D eigenvalue weighted by atomic mass is 28.4. The second kappa shape index (κ2) is 8.11. The lowest BCUT2D eigenvalue weighted by atomic mass is 9.86. The van der Waals surface area contributed by atoms with Crippen LogP contribution in [0.2, 0.25) is 18.1 Å². The van der Waals surface area contributed by atoms with Crippen LogP contribution >= 0.6 is 0 Å².